The zero-order valence-corrected chi connectivity index (χ0v) is 16.6. The van der Waals surface area contributed by atoms with Gasteiger partial charge in [0.15, 0.2) is 0 Å². The van der Waals surface area contributed by atoms with E-state index in [2.05, 4.69) is 21.2 Å². The van der Waals surface area contributed by atoms with E-state index >= 15 is 0 Å². The number of rotatable bonds is 6. The van der Waals surface area contributed by atoms with Crippen molar-refractivity contribution in [2.45, 2.75) is 20.1 Å². The molecule has 0 fully saturated rings. The largest absolute Gasteiger partial charge is 0.488 e. The molecule has 0 spiro atoms. The van der Waals surface area contributed by atoms with Crippen molar-refractivity contribution in [3.05, 3.63) is 92.7 Å². The Bertz CT molecular complexity index is 899. The molecule has 0 amide bonds. The smallest absolute Gasteiger partial charge is 0.134 e. The molecule has 1 N–H and O–H groups in total. The molecule has 134 valence electrons. The van der Waals surface area contributed by atoms with E-state index in [0.717, 1.165) is 37.6 Å². The molecule has 3 rings (SSSR count). The highest BCUT2D eigenvalue weighted by Gasteiger charge is 2.05. The Hall–Kier alpha value is -2.04. The lowest BCUT2D eigenvalue weighted by Gasteiger charge is -2.12. The third kappa shape index (κ3) is 4.99. The second-order valence-electron chi connectivity index (χ2n) is 6.00. The summed E-state index contributed by atoms with van der Waals surface area (Å²) >= 11 is 9.70. The number of ether oxygens (including phenoxy) is 1. The lowest BCUT2D eigenvalue weighted by Crippen LogP contribution is -2.01. The maximum Gasteiger partial charge on any atom is 0.134 e. The Kier molecular flexibility index (Phi) is 6.17. The molecule has 5 heteroatoms. The Morgan fingerprint density at radius 3 is 2.42 bits per heavy atom. The van der Waals surface area contributed by atoms with Gasteiger partial charge in [0.1, 0.15) is 18.2 Å². The fourth-order valence-corrected chi connectivity index (χ4v) is 3.14. The van der Waals surface area contributed by atoms with Gasteiger partial charge in [0.2, 0.25) is 0 Å². The Morgan fingerprint density at radius 2 is 1.73 bits per heavy atom. The van der Waals surface area contributed by atoms with Crippen LogP contribution in [0.5, 0.6) is 5.75 Å². The van der Waals surface area contributed by atoms with E-state index in [-0.39, 0.29) is 5.82 Å². The summed E-state index contributed by atoms with van der Waals surface area (Å²) in [6, 6.07) is 18.2. The summed E-state index contributed by atoms with van der Waals surface area (Å²) in [5, 5.41) is 4.11. The maximum atomic E-state index is 12.9. The summed E-state index contributed by atoms with van der Waals surface area (Å²) in [5.74, 6) is 0.498. The predicted octanol–water partition coefficient (Wildman–Crippen LogP) is 6.74. The first-order valence-electron chi connectivity index (χ1n) is 8.17. The monoisotopic (exact) mass is 433 g/mol. The van der Waals surface area contributed by atoms with E-state index in [1.807, 2.05) is 43.3 Å². The molecule has 0 radical (unpaired) electrons. The average molecular weight is 435 g/mol. The van der Waals surface area contributed by atoms with E-state index in [4.69, 9.17) is 16.3 Å². The van der Waals surface area contributed by atoms with Gasteiger partial charge in [0.05, 0.1) is 4.47 Å². The SMILES string of the molecule is Cc1ccc(NCc2ccc(OCc3ccc(F)cc3)c(Br)c2)cc1Cl. The lowest BCUT2D eigenvalue weighted by molar-refractivity contribution is 0.304. The second-order valence-corrected chi connectivity index (χ2v) is 7.26. The highest BCUT2D eigenvalue weighted by molar-refractivity contribution is 9.10. The van der Waals surface area contributed by atoms with Gasteiger partial charge in [-0.25, -0.2) is 4.39 Å². The van der Waals surface area contributed by atoms with Crippen molar-refractivity contribution in [2.24, 2.45) is 0 Å². The van der Waals surface area contributed by atoms with Crippen LogP contribution in [-0.2, 0) is 13.2 Å². The maximum absolute atomic E-state index is 12.9. The minimum absolute atomic E-state index is 0.248. The Labute approximate surface area is 166 Å². The van der Waals surface area contributed by atoms with Gasteiger partial charge in [-0.05, 0) is 75.9 Å². The molecule has 0 heterocycles. The van der Waals surface area contributed by atoms with Crippen molar-refractivity contribution in [1.29, 1.82) is 0 Å². The molecule has 0 saturated carbocycles. The van der Waals surface area contributed by atoms with Crippen molar-refractivity contribution in [3.8, 4) is 5.75 Å². The van der Waals surface area contributed by atoms with Crippen molar-refractivity contribution in [1.82, 2.24) is 0 Å². The number of hydrogen-bond acceptors (Lipinski definition) is 2. The highest BCUT2D eigenvalue weighted by Crippen LogP contribution is 2.27. The van der Waals surface area contributed by atoms with Crippen LogP contribution in [0.25, 0.3) is 0 Å². The molecule has 3 aromatic carbocycles. The minimum atomic E-state index is -0.248. The van der Waals surface area contributed by atoms with Crippen molar-refractivity contribution < 1.29 is 9.13 Å². The number of nitrogens with one attached hydrogen (secondary N) is 1. The van der Waals surface area contributed by atoms with Gasteiger partial charge in [-0.1, -0.05) is 35.9 Å². The summed E-state index contributed by atoms with van der Waals surface area (Å²) in [7, 11) is 0. The fourth-order valence-electron chi connectivity index (χ4n) is 2.42. The first kappa shape index (κ1) is 18.7. The third-order valence-corrected chi connectivity index (χ3v) is 5.00. The highest BCUT2D eigenvalue weighted by atomic mass is 79.9. The Balaban J connectivity index is 1.59. The predicted molar refractivity (Wildman–Crippen MR) is 108 cm³/mol. The van der Waals surface area contributed by atoms with E-state index in [0.29, 0.717) is 13.2 Å². The van der Waals surface area contributed by atoms with Crippen LogP contribution in [-0.4, -0.2) is 0 Å². The van der Waals surface area contributed by atoms with Crippen LogP contribution in [0.1, 0.15) is 16.7 Å². The van der Waals surface area contributed by atoms with Crippen LogP contribution in [0.4, 0.5) is 10.1 Å². The van der Waals surface area contributed by atoms with Gasteiger partial charge in [-0.3, -0.25) is 0 Å². The molecular weight excluding hydrogens is 417 g/mol. The molecule has 0 saturated heterocycles. The molecule has 0 aliphatic carbocycles. The quantitative estimate of drug-likeness (QED) is 0.464. The van der Waals surface area contributed by atoms with Gasteiger partial charge in [0, 0.05) is 17.3 Å². The lowest BCUT2D eigenvalue weighted by atomic mass is 10.2. The first-order valence-corrected chi connectivity index (χ1v) is 9.34. The second kappa shape index (κ2) is 8.56. The van der Waals surface area contributed by atoms with E-state index < -0.39 is 0 Å². The topological polar surface area (TPSA) is 21.3 Å². The standard InChI is InChI=1S/C21H18BrClFNO/c1-14-2-8-18(11-20(14)23)25-12-16-5-9-21(19(22)10-16)26-13-15-3-6-17(24)7-4-15/h2-11,25H,12-13H2,1H3. The van der Waals surface area contributed by atoms with Crippen LogP contribution in [0.2, 0.25) is 5.02 Å². The van der Waals surface area contributed by atoms with Gasteiger partial charge in [-0.15, -0.1) is 0 Å². The number of benzene rings is 3. The van der Waals surface area contributed by atoms with Crippen molar-refractivity contribution in [3.63, 3.8) is 0 Å². The summed E-state index contributed by atoms with van der Waals surface area (Å²) in [4.78, 5) is 0. The van der Waals surface area contributed by atoms with Gasteiger partial charge in [0.25, 0.3) is 0 Å². The summed E-state index contributed by atoms with van der Waals surface area (Å²) < 4.78 is 19.6. The molecule has 0 unspecified atom stereocenters. The van der Waals surface area contributed by atoms with Gasteiger partial charge < -0.3 is 10.1 Å². The first-order chi connectivity index (χ1) is 12.5. The van der Waals surface area contributed by atoms with E-state index in [9.17, 15) is 4.39 Å². The number of halogens is 3. The average Bonchev–Trinajstić information content (AvgIpc) is 2.63. The number of aryl methyl sites for hydroxylation is 1. The molecule has 0 aromatic heterocycles. The number of hydrogen-bond donors (Lipinski definition) is 1. The molecule has 0 atom stereocenters. The molecule has 0 aliphatic rings. The van der Waals surface area contributed by atoms with E-state index in [1.54, 1.807) is 12.1 Å². The van der Waals surface area contributed by atoms with Gasteiger partial charge >= 0.3 is 0 Å². The number of anilines is 1. The van der Waals surface area contributed by atoms with Crippen molar-refractivity contribution >= 4 is 33.2 Å². The minimum Gasteiger partial charge on any atom is -0.488 e. The van der Waals surface area contributed by atoms with Crippen LogP contribution in [0.15, 0.2) is 65.1 Å². The van der Waals surface area contributed by atoms with Crippen LogP contribution >= 0.6 is 27.5 Å². The summed E-state index contributed by atoms with van der Waals surface area (Å²) in [6.07, 6.45) is 0. The zero-order chi connectivity index (χ0) is 18.5. The van der Waals surface area contributed by atoms with E-state index in [1.165, 1.54) is 12.1 Å². The van der Waals surface area contributed by atoms with Gasteiger partial charge in [-0.2, -0.15) is 0 Å². The molecule has 26 heavy (non-hydrogen) atoms. The van der Waals surface area contributed by atoms with Crippen LogP contribution < -0.4 is 10.1 Å². The molecule has 0 aliphatic heterocycles. The molecule has 0 bridgehead atoms. The third-order valence-electron chi connectivity index (χ3n) is 3.97. The van der Waals surface area contributed by atoms with Crippen molar-refractivity contribution in [2.75, 3.05) is 5.32 Å². The molecule has 3 aromatic rings. The summed E-state index contributed by atoms with van der Waals surface area (Å²) in [6.45, 7) is 3.04. The Morgan fingerprint density at radius 1 is 1.00 bits per heavy atom. The van der Waals surface area contributed by atoms with Crippen LogP contribution in [0.3, 0.4) is 0 Å². The molecular formula is C21H18BrClFNO. The van der Waals surface area contributed by atoms with Crippen LogP contribution in [0, 0.1) is 12.7 Å². The summed E-state index contributed by atoms with van der Waals surface area (Å²) in [5.41, 5.74) is 4.07. The zero-order valence-electron chi connectivity index (χ0n) is 14.2. The normalized spacial score (nSPS) is 10.6. The fraction of sp³-hybridized carbons (Fsp3) is 0.143. The molecule has 2 nitrogen and oxygen atoms in total.